The SMILES string of the molecule is O=C1C[C@H](CO)CCN1c1ccc2c(c1)OC[C@H]1[C@H](CO)OC(=O)N21. The number of benzene rings is 1. The largest absolute Gasteiger partial charge is 0.489 e. The zero-order valence-electron chi connectivity index (χ0n) is 13.6. The average molecular weight is 348 g/mol. The van der Waals surface area contributed by atoms with Gasteiger partial charge in [-0.2, -0.15) is 0 Å². The van der Waals surface area contributed by atoms with Crippen molar-refractivity contribution in [2.75, 3.05) is 36.2 Å². The van der Waals surface area contributed by atoms with Gasteiger partial charge >= 0.3 is 6.09 Å². The minimum atomic E-state index is -0.598. The lowest BCUT2D eigenvalue weighted by atomic mass is 9.96. The maximum absolute atomic E-state index is 12.3. The molecule has 2 amide bonds. The number of nitrogens with zero attached hydrogens (tertiary/aromatic N) is 2. The van der Waals surface area contributed by atoms with E-state index in [1.54, 1.807) is 23.1 Å². The molecule has 0 bridgehead atoms. The molecular formula is C17H20N2O6. The summed E-state index contributed by atoms with van der Waals surface area (Å²) in [5, 5.41) is 18.6. The molecule has 3 aliphatic rings. The third-order valence-corrected chi connectivity index (χ3v) is 5.10. The second kappa shape index (κ2) is 6.20. The van der Waals surface area contributed by atoms with Crippen LogP contribution < -0.4 is 14.5 Å². The molecule has 1 aromatic carbocycles. The van der Waals surface area contributed by atoms with Crippen molar-refractivity contribution < 1.29 is 29.3 Å². The zero-order valence-corrected chi connectivity index (χ0v) is 13.6. The molecule has 4 rings (SSSR count). The number of fused-ring (bicyclic) bond motifs is 3. The highest BCUT2D eigenvalue weighted by atomic mass is 16.6. The second-order valence-corrected chi connectivity index (χ2v) is 6.59. The molecule has 0 spiro atoms. The summed E-state index contributed by atoms with van der Waals surface area (Å²) in [6.45, 7) is 0.549. The number of aliphatic hydroxyl groups excluding tert-OH is 2. The minimum Gasteiger partial charge on any atom is -0.489 e. The van der Waals surface area contributed by atoms with Crippen LogP contribution in [0.1, 0.15) is 12.8 Å². The summed E-state index contributed by atoms with van der Waals surface area (Å²) in [6.07, 6.45) is -0.0212. The quantitative estimate of drug-likeness (QED) is 0.825. The molecule has 8 heteroatoms. The second-order valence-electron chi connectivity index (χ2n) is 6.59. The van der Waals surface area contributed by atoms with Crippen LogP contribution in [0.15, 0.2) is 18.2 Å². The number of cyclic esters (lactones) is 1. The van der Waals surface area contributed by atoms with Crippen LogP contribution in [0.3, 0.4) is 0 Å². The predicted octanol–water partition coefficient (Wildman–Crippen LogP) is 0.500. The Bertz CT molecular complexity index is 708. The summed E-state index contributed by atoms with van der Waals surface area (Å²) in [4.78, 5) is 27.6. The fourth-order valence-electron chi connectivity index (χ4n) is 3.67. The number of aliphatic hydroxyl groups is 2. The van der Waals surface area contributed by atoms with Crippen molar-refractivity contribution in [1.82, 2.24) is 0 Å². The molecule has 0 unspecified atom stereocenters. The molecule has 1 aromatic rings. The molecule has 0 aliphatic carbocycles. The van der Waals surface area contributed by atoms with E-state index in [2.05, 4.69) is 0 Å². The van der Waals surface area contributed by atoms with Gasteiger partial charge in [0.05, 0.1) is 12.3 Å². The van der Waals surface area contributed by atoms with Gasteiger partial charge in [0.25, 0.3) is 0 Å². The minimum absolute atomic E-state index is 0.0215. The molecule has 3 aliphatic heterocycles. The van der Waals surface area contributed by atoms with E-state index in [1.165, 1.54) is 4.90 Å². The van der Waals surface area contributed by atoms with Gasteiger partial charge in [-0.25, -0.2) is 4.79 Å². The molecule has 3 atom stereocenters. The van der Waals surface area contributed by atoms with E-state index in [0.717, 1.165) is 6.42 Å². The fraction of sp³-hybridized carbons (Fsp3) is 0.529. The van der Waals surface area contributed by atoms with E-state index in [1.807, 2.05) is 0 Å². The topological polar surface area (TPSA) is 99.5 Å². The molecule has 0 radical (unpaired) electrons. The summed E-state index contributed by atoms with van der Waals surface area (Å²) in [5.41, 5.74) is 1.29. The first-order valence-electron chi connectivity index (χ1n) is 8.41. The van der Waals surface area contributed by atoms with Crippen LogP contribution in [0.4, 0.5) is 16.2 Å². The Hall–Kier alpha value is -2.32. The highest BCUT2D eigenvalue weighted by Crippen LogP contribution is 2.41. The number of piperidine rings is 1. The third kappa shape index (κ3) is 2.61. The fourth-order valence-corrected chi connectivity index (χ4v) is 3.67. The van der Waals surface area contributed by atoms with Gasteiger partial charge < -0.3 is 24.6 Å². The van der Waals surface area contributed by atoms with Gasteiger partial charge in [0.2, 0.25) is 5.91 Å². The first-order valence-corrected chi connectivity index (χ1v) is 8.41. The highest BCUT2D eigenvalue weighted by molar-refractivity contribution is 5.97. The lowest BCUT2D eigenvalue weighted by Crippen LogP contribution is -2.45. The lowest BCUT2D eigenvalue weighted by molar-refractivity contribution is -0.121. The van der Waals surface area contributed by atoms with Crippen LogP contribution in [0.2, 0.25) is 0 Å². The summed E-state index contributed by atoms with van der Waals surface area (Å²) < 4.78 is 10.9. The third-order valence-electron chi connectivity index (χ3n) is 5.10. The molecule has 2 saturated heterocycles. The van der Waals surface area contributed by atoms with E-state index in [4.69, 9.17) is 9.47 Å². The van der Waals surface area contributed by atoms with Crippen molar-refractivity contribution in [3.8, 4) is 5.75 Å². The van der Waals surface area contributed by atoms with Crippen LogP contribution >= 0.6 is 0 Å². The number of carbonyl (C=O) groups is 2. The average Bonchev–Trinajstić information content (AvgIpc) is 2.97. The zero-order chi connectivity index (χ0) is 17.6. The number of hydrogen-bond acceptors (Lipinski definition) is 6. The lowest BCUT2D eigenvalue weighted by Gasteiger charge is -2.34. The molecular weight excluding hydrogens is 328 g/mol. The Labute approximate surface area is 144 Å². The maximum Gasteiger partial charge on any atom is 0.415 e. The van der Waals surface area contributed by atoms with Crippen molar-refractivity contribution >= 4 is 23.4 Å². The van der Waals surface area contributed by atoms with Crippen LogP contribution in [0.5, 0.6) is 5.75 Å². The van der Waals surface area contributed by atoms with Crippen molar-refractivity contribution in [3.05, 3.63) is 18.2 Å². The molecule has 2 fully saturated rings. The Kier molecular flexibility index (Phi) is 4.01. The number of ether oxygens (including phenoxy) is 2. The van der Waals surface area contributed by atoms with E-state index in [0.29, 0.717) is 30.1 Å². The van der Waals surface area contributed by atoms with Crippen LogP contribution in [-0.2, 0) is 9.53 Å². The first-order chi connectivity index (χ1) is 12.1. The van der Waals surface area contributed by atoms with Crippen molar-refractivity contribution in [3.63, 3.8) is 0 Å². The van der Waals surface area contributed by atoms with Crippen molar-refractivity contribution in [1.29, 1.82) is 0 Å². The first kappa shape index (κ1) is 16.2. The van der Waals surface area contributed by atoms with Crippen molar-refractivity contribution in [2.45, 2.75) is 25.0 Å². The highest BCUT2D eigenvalue weighted by Gasteiger charge is 2.46. The van der Waals surface area contributed by atoms with Crippen LogP contribution in [0, 0.1) is 5.92 Å². The number of anilines is 2. The number of carbonyl (C=O) groups excluding carboxylic acids is 2. The van der Waals surface area contributed by atoms with Crippen LogP contribution in [-0.4, -0.2) is 60.7 Å². The molecule has 3 heterocycles. The summed E-state index contributed by atoms with van der Waals surface area (Å²) in [6, 6.07) is 4.92. The molecule has 8 nitrogen and oxygen atoms in total. The van der Waals surface area contributed by atoms with Gasteiger partial charge in [-0.15, -0.1) is 0 Å². The normalized spacial score (nSPS) is 28.3. The Morgan fingerprint density at radius 1 is 1.20 bits per heavy atom. The van der Waals surface area contributed by atoms with Gasteiger partial charge in [0.1, 0.15) is 18.4 Å². The summed E-state index contributed by atoms with van der Waals surface area (Å²) in [5.74, 6) is 0.509. The summed E-state index contributed by atoms with van der Waals surface area (Å²) in [7, 11) is 0. The van der Waals surface area contributed by atoms with E-state index in [-0.39, 0.29) is 37.7 Å². The number of rotatable bonds is 3. The molecule has 0 aromatic heterocycles. The Balaban J connectivity index is 1.60. The van der Waals surface area contributed by atoms with Crippen LogP contribution in [0.25, 0.3) is 0 Å². The van der Waals surface area contributed by atoms with Gasteiger partial charge in [0.15, 0.2) is 6.10 Å². The van der Waals surface area contributed by atoms with E-state index in [9.17, 15) is 19.8 Å². The van der Waals surface area contributed by atoms with E-state index >= 15 is 0 Å². The Morgan fingerprint density at radius 3 is 2.76 bits per heavy atom. The molecule has 134 valence electrons. The van der Waals surface area contributed by atoms with Gasteiger partial charge in [0, 0.05) is 31.3 Å². The smallest absolute Gasteiger partial charge is 0.415 e. The molecule has 2 N–H and O–H groups in total. The predicted molar refractivity (Wildman–Crippen MR) is 87.7 cm³/mol. The number of amides is 2. The maximum atomic E-state index is 12.3. The van der Waals surface area contributed by atoms with Gasteiger partial charge in [-0.05, 0) is 24.5 Å². The van der Waals surface area contributed by atoms with Gasteiger partial charge in [-0.3, -0.25) is 9.69 Å². The number of hydrogen-bond donors (Lipinski definition) is 2. The standard InChI is InChI=1S/C17H20N2O6/c20-7-10-3-4-18(16(22)5-10)11-1-2-12-14(6-11)24-9-13-15(8-21)25-17(23)19(12)13/h1-2,6,10,13,15,20-21H,3-5,7-9H2/t10-,13+,15+/m1/s1. The molecule has 25 heavy (non-hydrogen) atoms. The monoisotopic (exact) mass is 348 g/mol. The Morgan fingerprint density at radius 2 is 2.04 bits per heavy atom. The summed E-state index contributed by atoms with van der Waals surface area (Å²) >= 11 is 0. The van der Waals surface area contributed by atoms with E-state index < -0.39 is 12.2 Å². The molecule has 0 saturated carbocycles. The van der Waals surface area contributed by atoms with Crippen molar-refractivity contribution in [2.24, 2.45) is 5.92 Å². The van der Waals surface area contributed by atoms with Gasteiger partial charge in [-0.1, -0.05) is 0 Å².